The highest BCUT2D eigenvalue weighted by Crippen LogP contribution is 2.32. The van der Waals surface area contributed by atoms with Gasteiger partial charge in [0.25, 0.3) is 0 Å². The summed E-state index contributed by atoms with van der Waals surface area (Å²) < 4.78 is 0. The molecule has 0 spiro atoms. The molecular weight excluding hydrogens is 160 g/mol. The topological polar surface area (TPSA) is 29.3 Å². The van der Waals surface area contributed by atoms with E-state index in [1.807, 2.05) is 0 Å². The molecular formula is C11H26N2. The molecule has 0 aromatic heterocycles. The lowest BCUT2D eigenvalue weighted by molar-refractivity contribution is 0.155. The summed E-state index contributed by atoms with van der Waals surface area (Å²) in [6.45, 7) is 11.0. The number of nitrogens with two attached hydrogens (primary N) is 1. The average Bonchev–Trinajstić information content (AvgIpc) is 1.81. The fourth-order valence-corrected chi connectivity index (χ4v) is 2.28. The Balaban J connectivity index is 4.16. The van der Waals surface area contributed by atoms with Crippen LogP contribution in [0.1, 0.15) is 34.1 Å². The molecule has 2 heteroatoms. The van der Waals surface area contributed by atoms with Crippen LogP contribution in [0.15, 0.2) is 0 Å². The van der Waals surface area contributed by atoms with E-state index in [-0.39, 0.29) is 5.41 Å². The first-order valence-corrected chi connectivity index (χ1v) is 5.03. The Morgan fingerprint density at radius 1 is 1.00 bits per heavy atom. The van der Waals surface area contributed by atoms with Crippen molar-refractivity contribution in [1.29, 1.82) is 0 Å². The molecule has 0 bridgehead atoms. The van der Waals surface area contributed by atoms with Crippen LogP contribution in [0.3, 0.4) is 0 Å². The molecule has 0 unspecified atom stereocenters. The summed E-state index contributed by atoms with van der Waals surface area (Å²) in [5.41, 5.74) is 6.35. The van der Waals surface area contributed by atoms with Crippen LogP contribution in [0.5, 0.6) is 0 Å². The van der Waals surface area contributed by atoms with Crippen molar-refractivity contribution in [1.82, 2.24) is 4.90 Å². The third-order valence-electron chi connectivity index (χ3n) is 2.25. The molecule has 0 rings (SSSR count). The molecule has 0 aliphatic heterocycles. The van der Waals surface area contributed by atoms with Gasteiger partial charge in [0.05, 0.1) is 0 Å². The van der Waals surface area contributed by atoms with E-state index < -0.39 is 0 Å². The summed E-state index contributed by atoms with van der Waals surface area (Å²) in [6, 6.07) is 0. The molecule has 0 aliphatic rings. The molecule has 0 heterocycles. The maximum absolute atomic E-state index is 5.73. The summed E-state index contributed by atoms with van der Waals surface area (Å²) >= 11 is 0. The zero-order valence-corrected chi connectivity index (χ0v) is 10.1. The average molecular weight is 186 g/mol. The minimum Gasteiger partial charge on any atom is -0.330 e. The number of hydrogen-bond acceptors (Lipinski definition) is 2. The SMILES string of the molecule is CN(C)CC(C)(C)CC(C)(C)CN. The smallest absolute Gasteiger partial charge is 0.00268 e. The van der Waals surface area contributed by atoms with Crippen LogP contribution in [-0.2, 0) is 0 Å². The third-order valence-corrected chi connectivity index (χ3v) is 2.25. The van der Waals surface area contributed by atoms with Gasteiger partial charge >= 0.3 is 0 Å². The largest absolute Gasteiger partial charge is 0.330 e. The Morgan fingerprint density at radius 3 is 1.77 bits per heavy atom. The zero-order valence-electron chi connectivity index (χ0n) is 10.1. The first-order valence-electron chi connectivity index (χ1n) is 5.03. The zero-order chi connectivity index (χ0) is 10.7. The highest BCUT2D eigenvalue weighted by molar-refractivity contribution is 4.81. The summed E-state index contributed by atoms with van der Waals surface area (Å²) in [7, 11) is 4.24. The second-order valence-electron chi connectivity index (χ2n) is 5.95. The van der Waals surface area contributed by atoms with Gasteiger partial charge in [0, 0.05) is 6.54 Å². The Morgan fingerprint density at radius 2 is 1.46 bits per heavy atom. The number of rotatable bonds is 5. The maximum Gasteiger partial charge on any atom is 0.00268 e. The van der Waals surface area contributed by atoms with Crippen LogP contribution in [0.2, 0.25) is 0 Å². The molecule has 2 nitrogen and oxygen atoms in total. The van der Waals surface area contributed by atoms with Crippen LogP contribution in [0.25, 0.3) is 0 Å². The molecule has 80 valence electrons. The van der Waals surface area contributed by atoms with Crippen LogP contribution < -0.4 is 5.73 Å². The first kappa shape index (κ1) is 12.9. The molecule has 0 fully saturated rings. The summed E-state index contributed by atoms with van der Waals surface area (Å²) in [5, 5.41) is 0. The molecule has 0 aromatic rings. The predicted molar refractivity (Wildman–Crippen MR) is 59.8 cm³/mol. The number of nitrogens with zero attached hydrogens (tertiary/aromatic N) is 1. The van der Waals surface area contributed by atoms with Crippen LogP contribution in [-0.4, -0.2) is 32.1 Å². The predicted octanol–water partition coefficient (Wildman–Crippen LogP) is 1.95. The lowest BCUT2D eigenvalue weighted by Gasteiger charge is -2.36. The van der Waals surface area contributed by atoms with Crippen LogP contribution >= 0.6 is 0 Å². The summed E-state index contributed by atoms with van der Waals surface area (Å²) in [4.78, 5) is 2.24. The Kier molecular flexibility index (Phi) is 4.40. The quantitative estimate of drug-likeness (QED) is 0.711. The molecule has 0 radical (unpaired) electrons. The van der Waals surface area contributed by atoms with E-state index >= 15 is 0 Å². The van der Waals surface area contributed by atoms with E-state index in [2.05, 4.69) is 46.7 Å². The monoisotopic (exact) mass is 186 g/mol. The van der Waals surface area contributed by atoms with Crippen molar-refractivity contribution < 1.29 is 0 Å². The van der Waals surface area contributed by atoms with E-state index in [0.29, 0.717) is 5.41 Å². The molecule has 0 aromatic carbocycles. The van der Waals surface area contributed by atoms with Crippen molar-refractivity contribution in [3.8, 4) is 0 Å². The van der Waals surface area contributed by atoms with Crippen molar-refractivity contribution in [3.05, 3.63) is 0 Å². The normalized spacial score (nSPS) is 13.8. The van der Waals surface area contributed by atoms with Crippen molar-refractivity contribution in [2.24, 2.45) is 16.6 Å². The minimum atomic E-state index is 0.263. The van der Waals surface area contributed by atoms with Crippen molar-refractivity contribution in [2.75, 3.05) is 27.2 Å². The minimum absolute atomic E-state index is 0.263. The number of hydrogen-bond donors (Lipinski definition) is 1. The lowest BCUT2D eigenvalue weighted by atomic mass is 9.75. The van der Waals surface area contributed by atoms with Crippen LogP contribution in [0.4, 0.5) is 0 Å². The van der Waals surface area contributed by atoms with Gasteiger partial charge in [0.2, 0.25) is 0 Å². The molecule has 13 heavy (non-hydrogen) atoms. The van der Waals surface area contributed by atoms with Crippen molar-refractivity contribution in [2.45, 2.75) is 34.1 Å². The van der Waals surface area contributed by atoms with E-state index in [0.717, 1.165) is 13.1 Å². The lowest BCUT2D eigenvalue weighted by Crippen LogP contribution is -2.36. The molecule has 0 amide bonds. The highest BCUT2D eigenvalue weighted by atomic mass is 15.1. The van der Waals surface area contributed by atoms with Gasteiger partial charge < -0.3 is 10.6 Å². The maximum atomic E-state index is 5.73. The van der Waals surface area contributed by atoms with Crippen molar-refractivity contribution in [3.63, 3.8) is 0 Å². The fourth-order valence-electron chi connectivity index (χ4n) is 2.28. The molecule has 0 saturated heterocycles. The van der Waals surface area contributed by atoms with E-state index in [4.69, 9.17) is 5.73 Å². The van der Waals surface area contributed by atoms with Gasteiger partial charge in [-0.15, -0.1) is 0 Å². The van der Waals surface area contributed by atoms with Gasteiger partial charge in [0.1, 0.15) is 0 Å². The molecule has 0 saturated carbocycles. The van der Waals surface area contributed by atoms with Gasteiger partial charge in [-0.1, -0.05) is 27.7 Å². The standard InChI is InChI=1S/C11H26N2/c1-10(2,8-12)7-11(3,4)9-13(5)6/h7-9,12H2,1-6H3. The van der Waals surface area contributed by atoms with Crippen LogP contribution in [0, 0.1) is 10.8 Å². The van der Waals surface area contributed by atoms with Gasteiger partial charge in [-0.25, -0.2) is 0 Å². The summed E-state index contributed by atoms with van der Waals surface area (Å²) in [6.07, 6.45) is 1.18. The van der Waals surface area contributed by atoms with Crippen molar-refractivity contribution >= 4 is 0 Å². The first-order chi connectivity index (χ1) is 5.68. The van der Waals surface area contributed by atoms with E-state index in [9.17, 15) is 0 Å². The van der Waals surface area contributed by atoms with Gasteiger partial charge in [-0.05, 0) is 37.9 Å². The second-order valence-corrected chi connectivity index (χ2v) is 5.95. The molecule has 0 aliphatic carbocycles. The fraction of sp³-hybridized carbons (Fsp3) is 1.00. The van der Waals surface area contributed by atoms with E-state index in [1.165, 1.54) is 6.42 Å². The molecule has 2 N–H and O–H groups in total. The molecule has 0 atom stereocenters. The second kappa shape index (κ2) is 4.43. The highest BCUT2D eigenvalue weighted by Gasteiger charge is 2.27. The Labute approximate surface area is 83.5 Å². The van der Waals surface area contributed by atoms with Gasteiger partial charge in [0.15, 0.2) is 0 Å². The third kappa shape index (κ3) is 6.05. The Bertz CT molecular complexity index is 148. The Hall–Kier alpha value is -0.0800. The summed E-state index contributed by atoms with van der Waals surface area (Å²) in [5.74, 6) is 0. The van der Waals surface area contributed by atoms with Gasteiger partial charge in [-0.3, -0.25) is 0 Å². The van der Waals surface area contributed by atoms with E-state index in [1.54, 1.807) is 0 Å². The van der Waals surface area contributed by atoms with Gasteiger partial charge in [-0.2, -0.15) is 0 Å².